The maximum atomic E-state index is 11.3. The highest BCUT2D eigenvalue weighted by Crippen LogP contribution is 2.16. The first-order chi connectivity index (χ1) is 6.16. The number of nitrogens with one attached hydrogen (secondary N) is 1. The Kier molecular flexibility index (Phi) is 4.92. The van der Waals surface area contributed by atoms with Gasteiger partial charge in [0, 0.05) is 11.9 Å². The van der Waals surface area contributed by atoms with Gasteiger partial charge in [0.1, 0.15) is 5.60 Å². The van der Waals surface area contributed by atoms with Crippen molar-refractivity contribution >= 4 is 22.0 Å². The summed E-state index contributed by atoms with van der Waals surface area (Å²) in [4.78, 5) is 11.3. The molecular formula is C10H20BrNO2. The Bertz CT molecular complexity index is 197. The number of hydrogen-bond donors (Lipinski definition) is 1. The van der Waals surface area contributed by atoms with Gasteiger partial charge in [-0.05, 0) is 26.2 Å². The number of rotatable bonds is 3. The lowest BCUT2D eigenvalue weighted by molar-refractivity contribution is 0.0510. The molecule has 0 aliphatic heterocycles. The number of carbonyl (C=O) groups excluding carboxylic acids is 1. The summed E-state index contributed by atoms with van der Waals surface area (Å²) >= 11 is 3.39. The van der Waals surface area contributed by atoms with Gasteiger partial charge in [-0.15, -0.1) is 0 Å². The number of alkyl halides is 1. The SMILES string of the molecule is CC(C)(CBr)CNC(=O)OC(C)(C)C. The van der Waals surface area contributed by atoms with Crippen molar-refractivity contribution in [3.05, 3.63) is 0 Å². The quantitative estimate of drug-likeness (QED) is 0.797. The molecule has 0 radical (unpaired) electrons. The van der Waals surface area contributed by atoms with Crippen molar-refractivity contribution < 1.29 is 9.53 Å². The molecule has 0 spiro atoms. The summed E-state index contributed by atoms with van der Waals surface area (Å²) in [6, 6.07) is 0. The van der Waals surface area contributed by atoms with Gasteiger partial charge in [0.05, 0.1) is 0 Å². The Labute approximate surface area is 94.7 Å². The summed E-state index contributed by atoms with van der Waals surface area (Å²) in [5.41, 5.74) is -0.375. The van der Waals surface area contributed by atoms with E-state index >= 15 is 0 Å². The van der Waals surface area contributed by atoms with Crippen molar-refractivity contribution in [1.29, 1.82) is 0 Å². The molecule has 0 aromatic carbocycles. The van der Waals surface area contributed by atoms with Crippen LogP contribution in [-0.2, 0) is 4.74 Å². The average Bonchev–Trinajstić information content (AvgIpc) is 1.98. The second-order valence-electron chi connectivity index (χ2n) is 5.15. The first-order valence-corrected chi connectivity index (χ1v) is 5.81. The van der Waals surface area contributed by atoms with Gasteiger partial charge in [-0.1, -0.05) is 29.8 Å². The van der Waals surface area contributed by atoms with Crippen LogP contribution >= 0.6 is 15.9 Å². The van der Waals surface area contributed by atoms with E-state index in [2.05, 4.69) is 35.1 Å². The molecule has 0 saturated heterocycles. The molecule has 3 nitrogen and oxygen atoms in total. The largest absolute Gasteiger partial charge is 0.444 e. The topological polar surface area (TPSA) is 38.3 Å². The van der Waals surface area contributed by atoms with E-state index in [9.17, 15) is 4.79 Å². The van der Waals surface area contributed by atoms with Gasteiger partial charge in [-0.2, -0.15) is 0 Å². The Morgan fingerprint density at radius 3 is 2.14 bits per heavy atom. The first kappa shape index (κ1) is 13.8. The van der Waals surface area contributed by atoms with Gasteiger partial charge in [-0.3, -0.25) is 0 Å². The molecule has 1 amide bonds. The van der Waals surface area contributed by atoms with Crippen molar-refractivity contribution in [3.8, 4) is 0 Å². The van der Waals surface area contributed by atoms with E-state index in [4.69, 9.17) is 4.74 Å². The van der Waals surface area contributed by atoms with E-state index in [1.807, 2.05) is 20.8 Å². The highest BCUT2D eigenvalue weighted by Gasteiger charge is 2.20. The van der Waals surface area contributed by atoms with Crippen LogP contribution < -0.4 is 5.32 Å². The molecule has 0 rings (SSSR count). The maximum absolute atomic E-state index is 11.3. The smallest absolute Gasteiger partial charge is 0.407 e. The molecule has 0 unspecified atom stereocenters. The number of hydrogen-bond acceptors (Lipinski definition) is 2. The zero-order valence-corrected chi connectivity index (χ0v) is 11.2. The summed E-state index contributed by atoms with van der Waals surface area (Å²) in [7, 11) is 0. The third-order valence-corrected chi connectivity index (χ3v) is 2.99. The molecule has 0 aliphatic carbocycles. The Hall–Kier alpha value is -0.250. The minimum Gasteiger partial charge on any atom is -0.444 e. The third kappa shape index (κ3) is 7.18. The fourth-order valence-electron chi connectivity index (χ4n) is 0.673. The standard InChI is InChI=1S/C10H20BrNO2/c1-9(2,3)14-8(13)12-7-10(4,5)6-11/h6-7H2,1-5H3,(H,12,13). The molecular weight excluding hydrogens is 246 g/mol. The van der Waals surface area contributed by atoms with Crippen LogP contribution in [0.15, 0.2) is 0 Å². The lowest BCUT2D eigenvalue weighted by Gasteiger charge is -2.24. The highest BCUT2D eigenvalue weighted by molar-refractivity contribution is 9.09. The fraction of sp³-hybridized carbons (Fsp3) is 0.900. The van der Waals surface area contributed by atoms with Gasteiger partial charge in [0.2, 0.25) is 0 Å². The molecule has 4 heteroatoms. The summed E-state index contributed by atoms with van der Waals surface area (Å²) in [5.74, 6) is 0. The van der Waals surface area contributed by atoms with Gasteiger partial charge in [0.25, 0.3) is 0 Å². The van der Waals surface area contributed by atoms with Crippen molar-refractivity contribution in [1.82, 2.24) is 5.32 Å². The van der Waals surface area contributed by atoms with Crippen LogP contribution in [0.3, 0.4) is 0 Å². The lowest BCUT2D eigenvalue weighted by atomic mass is 9.97. The first-order valence-electron chi connectivity index (χ1n) is 4.69. The Morgan fingerprint density at radius 2 is 1.79 bits per heavy atom. The van der Waals surface area contributed by atoms with Crippen molar-refractivity contribution in [2.24, 2.45) is 5.41 Å². The van der Waals surface area contributed by atoms with Crippen LogP contribution in [0.25, 0.3) is 0 Å². The van der Waals surface area contributed by atoms with E-state index in [-0.39, 0.29) is 11.5 Å². The summed E-state index contributed by atoms with van der Waals surface area (Å²) in [6.07, 6.45) is -0.355. The second kappa shape index (κ2) is 5.01. The summed E-state index contributed by atoms with van der Waals surface area (Å²) < 4.78 is 5.11. The Morgan fingerprint density at radius 1 is 1.29 bits per heavy atom. The molecule has 0 heterocycles. The van der Waals surface area contributed by atoms with Crippen LogP contribution in [0.1, 0.15) is 34.6 Å². The van der Waals surface area contributed by atoms with Crippen molar-refractivity contribution in [2.75, 3.05) is 11.9 Å². The number of alkyl carbamates (subject to hydrolysis) is 1. The molecule has 0 aliphatic rings. The molecule has 0 aromatic heterocycles. The van der Waals surface area contributed by atoms with E-state index in [0.717, 1.165) is 5.33 Å². The van der Waals surface area contributed by atoms with Crippen LogP contribution in [-0.4, -0.2) is 23.6 Å². The molecule has 0 bridgehead atoms. The maximum Gasteiger partial charge on any atom is 0.407 e. The van der Waals surface area contributed by atoms with Crippen molar-refractivity contribution in [2.45, 2.75) is 40.2 Å². The van der Waals surface area contributed by atoms with Crippen LogP contribution in [0, 0.1) is 5.41 Å². The van der Waals surface area contributed by atoms with E-state index < -0.39 is 5.60 Å². The van der Waals surface area contributed by atoms with Crippen LogP contribution in [0.4, 0.5) is 4.79 Å². The molecule has 0 atom stereocenters. The molecule has 0 fully saturated rings. The van der Waals surface area contributed by atoms with Crippen LogP contribution in [0.5, 0.6) is 0 Å². The van der Waals surface area contributed by atoms with Crippen LogP contribution in [0.2, 0.25) is 0 Å². The van der Waals surface area contributed by atoms with Gasteiger partial charge in [-0.25, -0.2) is 4.79 Å². The fourth-order valence-corrected chi connectivity index (χ4v) is 0.871. The Balaban J connectivity index is 3.87. The van der Waals surface area contributed by atoms with E-state index in [0.29, 0.717) is 6.54 Å². The average molecular weight is 266 g/mol. The highest BCUT2D eigenvalue weighted by atomic mass is 79.9. The number of halogens is 1. The predicted molar refractivity (Wildman–Crippen MR) is 61.8 cm³/mol. The third-order valence-electron chi connectivity index (χ3n) is 1.47. The molecule has 14 heavy (non-hydrogen) atoms. The molecule has 0 saturated carbocycles. The van der Waals surface area contributed by atoms with Gasteiger partial charge < -0.3 is 10.1 Å². The van der Waals surface area contributed by atoms with Crippen molar-refractivity contribution in [3.63, 3.8) is 0 Å². The number of ether oxygens (including phenoxy) is 1. The molecule has 0 aromatic rings. The monoisotopic (exact) mass is 265 g/mol. The second-order valence-corrected chi connectivity index (χ2v) is 5.71. The zero-order valence-electron chi connectivity index (χ0n) is 9.61. The number of carbonyl (C=O) groups is 1. The molecule has 1 N–H and O–H groups in total. The minimum absolute atomic E-state index is 0.0525. The zero-order chi connectivity index (χ0) is 11.4. The van der Waals surface area contributed by atoms with Gasteiger partial charge >= 0.3 is 6.09 Å². The predicted octanol–water partition coefficient (Wildman–Crippen LogP) is 2.93. The summed E-state index contributed by atoms with van der Waals surface area (Å²) in [6.45, 7) is 10.3. The van der Waals surface area contributed by atoms with Gasteiger partial charge in [0.15, 0.2) is 0 Å². The normalized spacial score (nSPS) is 12.4. The lowest BCUT2D eigenvalue weighted by Crippen LogP contribution is -2.38. The number of amides is 1. The summed E-state index contributed by atoms with van der Waals surface area (Å²) in [5, 5.41) is 3.58. The minimum atomic E-state index is -0.428. The van der Waals surface area contributed by atoms with E-state index in [1.54, 1.807) is 0 Å². The van der Waals surface area contributed by atoms with E-state index in [1.165, 1.54) is 0 Å². The molecule has 84 valence electrons.